The fourth-order valence-electron chi connectivity index (χ4n) is 1.70. The summed E-state index contributed by atoms with van der Waals surface area (Å²) in [6.07, 6.45) is 1.98. The lowest BCUT2D eigenvalue weighted by atomic mass is 10.1. The van der Waals surface area contributed by atoms with Gasteiger partial charge in [0.05, 0.1) is 6.10 Å². The Kier molecular flexibility index (Phi) is 6.31. The molecule has 0 amide bonds. The lowest BCUT2D eigenvalue weighted by Gasteiger charge is -2.19. The standard InChI is InChI=1S/C17H22O4/c1-17(2,3)21-16(20)12-15(19)11-14(18)10-9-13-7-5-4-6-8-13/h4-10,14,18H,11-12H2,1-3H3/b10-9+/t14-/m0/s1. The number of Topliss-reactive ketones (excluding diaryl/α,β-unsaturated/α-hetero) is 1. The monoisotopic (exact) mass is 290 g/mol. The van der Waals surface area contributed by atoms with E-state index in [1.54, 1.807) is 32.9 Å². The van der Waals surface area contributed by atoms with Crippen LogP contribution in [0.15, 0.2) is 36.4 Å². The summed E-state index contributed by atoms with van der Waals surface area (Å²) in [6.45, 7) is 5.23. The van der Waals surface area contributed by atoms with Gasteiger partial charge in [0, 0.05) is 6.42 Å². The number of carbonyl (C=O) groups is 2. The second-order valence-corrected chi connectivity index (χ2v) is 5.84. The van der Waals surface area contributed by atoms with Crippen LogP contribution in [0, 0.1) is 0 Å². The summed E-state index contributed by atoms with van der Waals surface area (Å²) in [5.74, 6) is -0.902. The molecule has 4 nitrogen and oxygen atoms in total. The van der Waals surface area contributed by atoms with E-state index in [1.165, 1.54) is 0 Å². The van der Waals surface area contributed by atoms with Crippen LogP contribution < -0.4 is 0 Å². The highest BCUT2D eigenvalue weighted by Gasteiger charge is 2.19. The normalized spacial score (nSPS) is 13.1. The average molecular weight is 290 g/mol. The van der Waals surface area contributed by atoms with Crippen molar-refractivity contribution >= 4 is 17.8 Å². The van der Waals surface area contributed by atoms with Crippen LogP contribution in [0.1, 0.15) is 39.2 Å². The van der Waals surface area contributed by atoms with E-state index in [0.717, 1.165) is 5.56 Å². The van der Waals surface area contributed by atoms with Gasteiger partial charge in [-0.15, -0.1) is 0 Å². The van der Waals surface area contributed by atoms with Gasteiger partial charge in [0.25, 0.3) is 0 Å². The SMILES string of the molecule is CC(C)(C)OC(=O)CC(=O)C[C@@H](O)/C=C/c1ccccc1. The van der Waals surface area contributed by atoms with Crippen molar-refractivity contribution in [2.45, 2.75) is 45.3 Å². The number of esters is 1. The fourth-order valence-corrected chi connectivity index (χ4v) is 1.70. The minimum atomic E-state index is -0.903. The van der Waals surface area contributed by atoms with Crippen molar-refractivity contribution in [1.82, 2.24) is 0 Å². The molecule has 0 aliphatic rings. The molecule has 1 rings (SSSR count). The predicted molar refractivity (Wildman–Crippen MR) is 81.6 cm³/mol. The zero-order valence-electron chi connectivity index (χ0n) is 12.7. The maximum Gasteiger partial charge on any atom is 0.313 e. The van der Waals surface area contributed by atoms with Crippen molar-refractivity contribution < 1.29 is 19.4 Å². The molecule has 1 aromatic carbocycles. The van der Waals surface area contributed by atoms with Crippen molar-refractivity contribution in [1.29, 1.82) is 0 Å². The molecule has 0 aromatic heterocycles. The highest BCUT2D eigenvalue weighted by Crippen LogP contribution is 2.10. The molecule has 1 aromatic rings. The molecule has 0 heterocycles. The van der Waals surface area contributed by atoms with Gasteiger partial charge < -0.3 is 9.84 Å². The molecule has 1 N–H and O–H groups in total. The van der Waals surface area contributed by atoms with Crippen LogP contribution in [0.2, 0.25) is 0 Å². The molecule has 114 valence electrons. The molecule has 0 unspecified atom stereocenters. The largest absolute Gasteiger partial charge is 0.460 e. The van der Waals surface area contributed by atoms with E-state index in [2.05, 4.69) is 0 Å². The zero-order chi connectivity index (χ0) is 15.9. The molecule has 0 saturated carbocycles. The molecular formula is C17H22O4. The lowest BCUT2D eigenvalue weighted by Crippen LogP contribution is -2.26. The average Bonchev–Trinajstić information content (AvgIpc) is 2.35. The minimum absolute atomic E-state index is 0.0947. The first kappa shape index (κ1) is 17.1. The fraction of sp³-hybridized carbons (Fsp3) is 0.412. The number of rotatable bonds is 6. The van der Waals surface area contributed by atoms with Gasteiger partial charge in [-0.1, -0.05) is 42.5 Å². The Labute approximate surface area is 125 Å². The summed E-state index contributed by atoms with van der Waals surface area (Å²) in [5, 5.41) is 9.77. The molecule has 0 fully saturated rings. The van der Waals surface area contributed by atoms with Gasteiger partial charge in [0.1, 0.15) is 17.8 Å². The van der Waals surface area contributed by atoms with Crippen molar-refractivity contribution in [3.05, 3.63) is 42.0 Å². The van der Waals surface area contributed by atoms with Crippen LogP contribution in [0.25, 0.3) is 6.08 Å². The number of hydrogen-bond acceptors (Lipinski definition) is 4. The van der Waals surface area contributed by atoms with Gasteiger partial charge in [-0.05, 0) is 26.3 Å². The van der Waals surface area contributed by atoms with E-state index in [-0.39, 0.29) is 18.6 Å². The number of carbonyl (C=O) groups excluding carboxylic acids is 2. The summed E-state index contributed by atoms with van der Waals surface area (Å²) >= 11 is 0. The molecule has 4 heteroatoms. The number of benzene rings is 1. The molecule has 0 saturated heterocycles. The summed E-state index contributed by atoms with van der Waals surface area (Å²) in [6, 6.07) is 9.47. The third kappa shape index (κ3) is 8.05. The van der Waals surface area contributed by atoms with Crippen LogP contribution in [0.5, 0.6) is 0 Å². The lowest BCUT2D eigenvalue weighted by molar-refractivity contribution is -0.156. The molecule has 1 atom stereocenters. The van der Waals surface area contributed by atoms with Crippen molar-refractivity contribution in [3.8, 4) is 0 Å². The Morgan fingerprint density at radius 1 is 1.24 bits per heavy atom. The van der Waals surface area contributed by atoms with E-state index in [9.17, 15) is 14.7 Å². The number of ether oxygens (including phenoxy) is 1. The molecule has 0 aliphatic carbocycles. The second-order valence-electron chi connectivity index (χ2n) is 5.84. The van der Waals surface area contributed by atoms with Crippen LogP contribution in [0.4, 0.5) is 0 Å². The number of aliphatic hydroxyl groups excluding tert-OH is 1. The van der Waals surface area contributed by atoms with E-state index in [0.29, 0.717) is 0 Å². The maximum atomic E-state index is 11.7. The van der Waals surface area contributed by atoms with E-state index >= 15 is 0 Å². The van der Waals surface area contributed by atoms with Gasteiger partial charge in [-0.2, -0.15) is 0 Å². The van der Waals surface area contributed by atoms with Crippen LogP contribution in [-0.2, 0) is 14.3 Å². The molecule has 0 spiro atoms. The summed E-state index contributed by atoms with van der Waals surface area (Å²) in [4.78, 5) is 23.2. The second kappa shape index (κ2) is 7.74. The van der Waals surface area contributed by atoms with E-state index < -0.39 is 17.7 Å². The van der Waals surface area contributed by atoms with E-state index in [1.807, 2.05) is 30.3 Å². The molecule has 0 radical (unpaired) electrons. The Hall–Kier alpha value is -1.94. The van der Waals surface area contributed by atoms with Gasteiger partial charge in [0.2, 0.25) is 0 Å². The Bertz CT molecular complexity index is 497. The zero-order valence-corrected chi connectivity index (χ0v) is 12.7. The molecule has 21 heavy (non-hydrogen) atoms. The molecule has 0 aliphatic heterocycles. The first-order valence-corrected chi connectivity index (χ1v) is 6.91. The molecule has 0 bridgehead atoms. The summed E-state index contributed by atoms with van der Waals surface area (Å²) in [5.41, 5.74) is 0.333. The topological polar surface area (TPSA) is 63.6 Å². The highest BCUT2D eigenvalue weighted by molar-refractivity contribution is 5.96. The van der Waals surface area contributed by atoms with Gasteiger partial charge in [0.15, 0.2) is 0 Å². The third-order valence-corrected chi connectivity index (χ3v) is 2.51. The van der Waals surface area contributed by atoms with Gasteiger partial charge >= 0.3 is 5.97 Å². The first-order valence-electron chi connectivity index (χ1n) is 6.91. The molecular weight excluding hydrogens is 268 g/mol. The van der Waals surface area contributed by atoms with Crippen LogP contribution in [0.3, 0.4) is 0 Å². The Morgan fingerprint density at radius 3 is 2.43 bits per heavy atom. The third-order valence-electron chi connectivity index (χ3n) is 2.51. The number of hydrogen-bond donors (Lipinski definition) is 1. The highest BCUT2D eigenvalue weighted by atomic mass is 16.6. The number of aliphatic hydroxyl groups is 1. The Balaban J connectivity index is 2.40. The van der Waals surface area contributed by atoms with Gasteiger partial charge in [-0.3, -0.25) is 9.59 Å². The van der Waals surface area contributed by atoms with Crippen molar-refractivity contribution in [2.75, 3.05) is 0 Å². The van der Waals surface area contributed by atoms with Crippen molar-refractivity contribution in [3.63, 3.8) is 0 Å². The summed E-state index contributed by atoms with van der Waals surface area (Å²) < 4.78 is 5.06. The quantitative estimate of drug-likeness (QED) is 0.646. The van der Waals surface area contributed by atoms with Crippen LogP contribution >= 0.6 is 0 Å². The maximum absolute atomic E-state index is 11.7. The van der Waals surface area contributed by atoms with Gasteiger partial charge in [-0.25, -0.2) is 0 Å². The number of ketones is 1. The van der Waals surface area contributed by atoms with Crippen molar-refractivity contribution in [2.24, 2.45) is 0 Å². The van der Waals surface area contributed by atoms with Crippen LogP contribution in [-0.4, -0.2) is 28.6 Å². The smallest absolute Gasteiger partial charge is 0.313 e. The summed E-state index contributed by atoms with van der Waals surface area (Å²) in [7, 11) is 0. The predicted octanol–water partition coefficient (Wildman–Crippen LogP) is 2.75. The minimum Gasteiger partial charge on any atom is -0.460 e. The van der Waals surface area contributed by atoms with E-state index in [4.69, 9.17) is 4.74 Å². The first-order chi connectivity index (χ1) is 9.76. The Morgan fingerprint density at radius 2 is 1.86 bits per heavy atom.